The van der Waals surface area contributed by atoms with Crippen molar-refractivity contribution in [2.45, 2.75) is 58.5 Å². The lowest BCUT2D eigenvalue weighted by Gasteiger charge is -2.19. The molecule has 0 bridgehead atoms. The Kier molecular flexibility index (Phi) is 17.1. The Morgan fingerprint density at radius 3 is 1.60 bits per heavy atom. The third-order valence-corrected chi connectivity index (χ3v) is 8.59. The summed E-state index contributed by atoms with van der Waals surface area (Å²) in [6, 6.07) is 8.37. The van der Waals surface area contributed by atoms with Gasteiger partial charge in [-0.1, -0.05) is 31.1 Å². The van der Waals surface area contributed by atoms with Crippen LogP contribution in [0.2, 0.25) is 0 Å². The van der Waals surface area contributed by atoms with Crippen molar-refractivity contribution in [1.82, 2.24) is 0 Å². The first kappa shape index (κ1) is 42.9. The molecule has 0 N–H and O–H groups in total. The van der Waals surface area contributed by atoms with Crippen molar-refractivity contribution in [2.24, 2.45) is 10.3 Å². The second kappa shape index (κ2) is 19.9. The highest BCUT2D eigenvalue weighted by molar-refractivity contribution is 7.89. The molecule has 0 fully saturated rings. The summed E-state index contributed by atoms with van der Waals surface area (Å²) in [6.45, 7) is 4.05. The topological polar surface area (TPSA) is 158 Å². The van der Waals surface area contributed by atoms with Gasteiger partial charge < -0.3 is 9.47 Å². The van der Waals surface area contributed by atoms with Crippen LogP contribution in [0.1, 0.15) is 51.2 Å². The van der Waals surface area contributed by atoms with Gasteiger partial charge in [0.2, 0.25) is 0 Å². The molecule has 50 heavy (non-hydrogen) atoms. The zero-order chi connectivity index (χ0) is 37.4. The summed E-state index contributed by atoms with van der Waals surface area (Å²) in [5.74, 6) is -0.940. The van der Waals surface area contributed by atoms with Crippen molar-refractivity contribution in [3.05, 3.63) is 59.7 Å². The minimum absolute atomic E-state index is 0.00912. The van der Waals surface area contributed by atoms with E-state index in [4.69, 9.17) is 13.7 Å². The highest BCUT2D eigenvalue weighted by Crippen LogP contribution is 2.27. The van der Waals surface area contributed by atoms with Gasteiger partial charge in [-0.2, -0.15) is 43.2 Å². The number of nitrogens with zero attached hydrogens (tertiary/aromatic N) is 2. The van der Waals surface area contributed by atoms with Crippen LogP contribution in [-0.2, 0) is 42.2 Å². The number of ether oxygens (including phenoxy) is 2. The molecule has 0 aliphatic heterocycles. The molecule has 22 heteroatoms. The first-order valence-electron chi connectivity index (χ1n) is 14.6. The smallest absolute Gasteiger partial charge is 0.437 e. The minimum Gasteiger partial charge on any atom is -0.491 e. The van der Waals surface area contributed by atoms with E-state index in [0.29, 0.717) is 6.42 Å². The average Bonchev–Trinajstić information content (AvgIpc) is 3.01. The molecule has 0 heterocycles. The van der Waals surface area contributed by atoms with Gasteiger partial charge in [-0.15, -0.1) is 4.33 Å². The number of halogens is 6. The summed E-state index contributed by atoms with van der Waals surface area (Å²) in [4.78, 5) is 4.60. The standard InChI is InChI=1S/C28H34F6N2O11S3/c1-4-15-43-47-48-45-35-25(27(29,30)31)20-7-11-22(12-8-20)41-18-24(44-49(37,38)16-5-2)19-42-23-13-9-21(10-14-23)26(28(32,33)34)36-46-50(39,40)17-6-3/h7-14,24H,4-6,15-19H2,1-3H3/b35-25-,36-26-. The molecule has 0 saturated carbocycles. The molecule has 1 unspecified atom stereocenters. The highest BCUT2D eigenvalue weighted by Gasteiger charge is 2.39. The van der Waals surface area contributed by atoms with Crippen LogP contribution in [-0.4, -0.2) is 78.0 Å². The zero-order valence-electron chi connectivity index (χ0n) is 26.7. The van der Waals surface area contributed by atoms with Crippen LogP contribution in [0.5, 0.6) is 11.5 Å². The predicted octanol–water partition coefficient (Wildman–Crippen LogP) is 6.50. The Morgan fingerprint density at radius 1 is 0.700 bits per heavy atom. The van der Waals surface area contributed by atoms with E-state index in [1.54, 1.807) is 13.8 Å². The van der Waals surface area contributed by atoms with Gasteiger partial charge in [0.15, 0.2) is 11.4 Å². The van der Waals surface area contributed by atoms with Crippen molar-refractivity contribution >= 4 is 44.0 Å². The molecule has 1 atom stereocenters. The van der Waals surface area contributed by atoms with Gasteiger partial charge in [-0.3, -0.25) is 12.8 Å². The Bertz CT molecular complexity index is 1600. The highest BCUT2D eigenvalue weighted by atomic mass is 32.2. The quantitative estimate of drug-likeness (QED) is 0.0243. The van der Waals surface area contributed by atoms with E-state index in [0.717, 1.165) is 48.5 Å². The van der Waals surface area contributed by atoms with E-state index in [9.17, 15) is 43.2 Å². The van der Waals surface area contributed by atoms with E-state index in [1.165, 1.54) is 6.92 Å². The fourth-order valence-electron chi connectivity index (χ4n) is 3.52. The van der Waals surface area contributed by atoms with Crippen LogP contribution in [0.15, 0.2) is 58.8 Å². The number of hydrogen-bond acceptors (Lipinski definition) is 14. The van der Waals surface area contributed by atoms with Crippen LogP contribution in [0.25, 0.3) is 0 Å². The maximum atomic E-state index is 13.6. The Hall–Kier alpha value is -3.31. The van der Waals surface area contributed by atoms with Gasteiger partial charge in [0.25, 0.3) is 22.4 Å². The molecular weight excluding hydrogens is 751 g/mol. The van der Waals surface area contributed by atoms with Crippen molar-refractivity contribution in [2.75, 3.05) is 31.3 Å². The molecular formula is C28H34F6N2O11S3. The SMILES string of the molecule is CCCOOSO/N=C(/c1ccc(OCC(COc2ccc(/C(=N/OS(=O)(=O)CCC)C(F)(F)F)cc2)OS(=O)(=O)CCC)cc1)C(F)(F)F. The van der Waals surface area contributed by atoms with Crippen molar-refractivity contribution < 1.29 is 74.6 Å². The van der Waals surface area contributed by atoms with E-state index in [2.05, 4.69) is 28.1 Å². The van der Waals surface area contributed by atoms with Gasteiger partial charge in [0.05, 0.1) is 18.1 Å². The fourth-order valence-corrected chi connectivity index (χ4v) is 5.65. The second-order valence-electron chi connectivity index (χ2n) is 9.90. The zero-order valence-corrected chi connectivity index (χ0v) is 29.2. The Labute approximate surface area is 289 Å². The fraction of sp³-hybridized carbons (Fsp3) is 0.500. The molecule has 0 amide bonds. The molecule has 0 aliphatic carbocycles. The molecule has 2 aromatic carbocycles. The summed E-state index contributed by atoms with van der Waals surface area (Å²) in [5, 5.41) is 5.85. The maximum absolute atomic E-state index is 13.6. The molecule has 2 rings (SSSR count). The van der Waals surface area contributed by atoms with Gasteiger partial charge in [0, 0.05) is 11.1 Å². The second-order valence-corrected chi connectivity index (χ2v) is 13.7. The molecule has 0 radical (unpaired) electrons. The maximum Gasteiger partial charge on any atom is 0.437 e. The third kappa shape index (κ3) is 15.7. The Morgan fingerprint density at radius 2 is 1.16 bits per heavy atom. The molecule has 0 spiro atoms. The molecule has 282 valence electrons. The number of rotatable bonds is 22. The third-order valence-electron chi connectivity index (χ3n) is 5.62. The van der Waals surface area contributed by atoms with Crippen molar-refractivity contribution in [1.29, 1.82) is 0 Å². The lowest BCUT2D eigenvalue weighted by molar-refractivity contribution is -0.196. The van der Waals surface area contributed by atoms with Gasteiger partial charge in [-0.05, 0) is 67.8 Å². The largest absolute Gasteiger partial charge is 0.491 e. The van der Waals surface area contributed by atoms with Crippen LogP contribution in [0, 0.1) is 0 Å². The monoisotopic (exact) mass is 784 g/mol. The van der Waals surface area contributed by atoms with E-state index in [-0.39, 0.29) is 49.0 Å². The number of hydrogen-bond donors (Lipinski definition) is 0. The molecule has 2 aromatic rings. The molecule has 0 aliphatic rings. The number of oxime groups is 2. The van der Waals surface area contributed by atoms with E-state index < -0.39 is 80.2 Å². The van der Waals surface area contributed by atoms with Crippen molar-refractivity contribution in [3.63, 3.8) is 0 Å². The van der Waals surface area contributed by atoms with Gasteiger partial charge in [0.1, 0.15) is 30.8 Å². The minimum atomic E-state index is -5.08. The lowest BCUT2D eigenvalue weighted by Crippen LogP contribution is -2.32. The van der Waals surface area contributed by atoms with Gasteiger partial charge in [-0.25, -0.2) is 4.89 Å². The summed E-state index contributed by atoms with van der Waals surface area (Å²) in [6.07, 6.45) is -10.4. The van der Waals surface area contributed by atoms with Crippen LogP contribution >= 0.6 is 12.3 Å². The number of alkyl halides is 6. The molecule has 0 aromatic heterocycles. The summed E-state index contributed by atoms with van der Waals surface area (Å²) >= 11 is 0.0797. The van der Waals surface area contributed by atoms with Gasteiger partial charge >= 0.3 is 22.5 Å². The number of benzene rings is 2. The van der Waals surface area contributed by atoms with Crippen LogP contribution in [0.3, 0.4) is 0 Å². The normalized spacial score (nSPS) is 13.9. The van der Waals surface area contributed by atoms with Crippen LogP contribution in [0.4, 0.5) is 26.3 Å². The predicted molar refractivity (Wildman–Crippen MR) is 169 cm³/mol. The van der Waals surface area contributed by atoms with E-state index in [1.807, 2.05) is 0 Å². The summed E-state index contributed by atoms with van der Waals surface area (Å²) in [7, 11) is -8.42. The van der Waals surface area contributed by atoms with Crippen LogP contribution < -0.4 is 9.47 Å². The molecule has 13 nitrogen and oxygen atoms in total. The van der Waals surface area contributed by atoms with E-state index >= 15 is 0 Å². The average molecular weight is 785 g/mol. The van der Waals surface area contributed by atoms with Crippen molar-refractivity contribution in [3.8, 4) is 11.5 Å². The Balaban J connectivity index is 2.16. The first-order valence-corrected chi connectivity index (χ1v) is 18.4. The first-order chi connectivity index (χ1) is 23.4. The lowest BCUT2D eigenvalue weighted by atomic mass is 10.1. The summed E-state index contributed by atoms with van der Waals surface area (Å²) in [5.41, 5.74) is -3.98. The summed E-state index contributed by atoms with van der Waals surface area (Å²) < 4.78 is 159. The molecule has 0 saturated heterocycles.